The number of fused-ring (bicyclic) bond motifs is 5. The van der Waals surface area contributed by atoms with Gasteiger partial charge in [-0.3, -0.25) is 4.98 Å². The summed E-state index contributed by atoms with van der Waals surface area (Å²) in [6.07, 6.45) is 1.82. The van der Waals surface area contributed by atoms with E-state index in [1.165, 1.54) is 10.8 Å². The van der Waals surface area contributed by atoms with E-state index in [9.17, 15) is 0 Å². The maximum absolute atomic E-state index is 5.13. The van der Waals surface area contributed by atoms with Crippen LogP contribution < -0.4 is 0 Å². The molecule has 0 unspecified atom stereocenters. The molecule has 0 N–H and O–H groups in total. The highest BCUT2D eigenvalue weighted by Gasteiger charge is 2.13. The lowest BCUT2D eigenvalue weighted by atomic mass is 10.0. The van der Waals surface area contributed by atoms with Crippen LogP contribution in [0.3, 0.4) is 0 Å². The molecule has 8 rings (SSSR count). The van der Waals surface area contributed by atoms with Crippen LogP contribution in [0.25, 0.3) is 77.4 Å². The molecule has 0 radical (unpaired) electrons. The third-order valence-electron chi connectivity index (χ3n) is 7.47. The van der Waals surface area contributed by atoms with E-state index in [4.69, 9.17) is 15.0 Å². The SMILES string of the molecule is c1cc(-c2ccc3ccc4cccnc4c3n2)cc(-c2nc(-c3ccc4ccccc4c3)c3ccccc3n2)c1. The summed E-state index contributed by atoms with van der Waals surface area (Å²) in [5.74, 6) is 0.691. The molecule has 0 bridgehead atoms. The van der Waals surface area contributed by atoms with E-state index in [1.807, 2.05) is 30.5 Å². The van der Waals surface area contributed by atoms with Crippen LogP contribution in [0.5, 0.6) is 0 Å². The van der Waals surface area contributed by atoms with Crippen molar-refractivity contribution in [2.45, 2.75) is 0 Å². The number of para-hydroxylation sites is 1. The van der Waals surface area contributed by atoms with Gasteiger partial charge < -0.3 is 0 Å². The fourth-order valence-corrected chi connectivity index (χ4v) is 5.46. The molecule has 0 aliphatic heterocycles. The summed E-state index contributed by atoms with van der Waals surface area (Å²) in [5.41, 5.74) is 7.59. The van der Waals surface area contributed by atoms with Crippen molar-refractivity contribution in [2.75, 3.05) is 0 Å². The van der Waals surface area contributed by atoms with Crippen LogP contribution in [0.15, 0.2) is 134 Å². The van der Waals surface area contributed by atoms with Crippen LogP contribution in [-0.4, -0.2) is 19.9 Å². The van der Waals surface area contributed by atoms with Gasteiger partial charge >= 0.3 is 0 Å². The number of nitrogens with zero attached hydrogens (tertiary/aromatic N) is 4. The van der Waals surface area contributed by atoms with Crippen molar-refractivity contribution in [2.24, 2.45) is 0 Å². The Hall–Kier alpha value is -5.48. The first-order chi connectivity index (χ1) is 19.8. The zero-order valence-electron chi connectivity index (χ0n) is 21.5. The molecule has 40 heavy (non-hydrogen) atoms. The Labute approximate surface area is 230 Å². The summed E-state index contributed by atoms with van der Waals surface area (Å²) in [6.45, 7) is 0. The Morgan fingerprint density at radius 2 is 1.18 bits per heavy atom. The Bertz CT molecular complexity index is 2240. The summed E-state index contributed by atoms with van der Waals surface area (Å²) >= 11 is 0. The maximum atomic E-state index is 5.13. The van der Waals surface area contributed by atoms with Gasteiger partial charge in [0, 0.05) is 39.0 Å². The van der Waals surface area contributed by atoms with Gasteiger partial charge in [-0.2, -0.15) is 0 Å². The lowest BCUT2D eigenvalue weighted by Gasteiger charge is -2.11. The average Bonchev–Trinajstić information content (AvgIpc) is 3.03. The van der Waals surface area contributed by atoms with E-state index in [-0.39, 0.29) is 0 Å². The highest BCUT2D eigenvalue weighted by atomic mass is 14.9. The summed E-state index contributed by atoms with van der Waals surface area (Å²) in [6, 6.07) is 43.9. The lowest BCUT2D eigenvalue weighted by molar-refractivity contribution is 1.23. The maximum Gasteiger partial charge on any atom is 0.160 e. The highest BCUT2D eigenvalue weighted by molar-refractivity contribution is 6.03. The molecule has 0 amide bonds. The number of hydrogen-bond acceptors (Lipinski definition) is 4. The van der Waals surface area contributed by atoms with Gasteiger partial charge in [0.05, 0.1) is 27.9 Å². The number of rotatable bonds is 3. The molecule has 0 saturated carbocycles. The molecule has 5 aromatic carbocycles. The molecule has 0 saturated heterocycles. The molecule has 4 heteroatoms. The zero-order valence-corrected chi connectivity index (χ0v) is 21.5. The fraction of sp³-hybridized carbons (Fsp3) is 0. The first-order valence-electron chi connectivity index (χ1n) is 13.3. The van der Waals surface area contributed by atoms with Crippen molar-refractivity contribution < 1.29 is 0 Å². The predicted octanol–water partition coefficient (Wildman–Crippen LogP) is 8.88. The van der Waals surface area contributed by atoms with Gasteiger partial charge in [0.1, 0.15) is 0 Å². The molecule has 0 atom stereocenters. The third-order valence-corrected chi connectivity index (χ3v) is 7.47. The quantitative estimate of drug-likeness (QED) is 0.223. The monoisotopic (exact) mass is 510 g/mol. The van der Waals surface area contributed by atoms with E-state index in [0.717, 1.165) is 60.8 Å². The second-order valence-corrected chi connectivity index (χ2v) is 9.96. The Balaban J connectivity index is 1.28. The second-order valence-electron chi connectivity index (χ2n) is 9.96. The minimum Gasteiger partial charge on any atom is -0.254 e. The molecule has 0 spiro atoms. The number of pyridine rings is 2. The van der Waals surface area contributed by atoms with Crippen molar-refractivity contribution in [3.8, 4) is 33.9 Å². The summed E-state index contributed by atoms with van der Waals surface area (Å²) in [4.78, 5) is 19.8. The normalized spacial score (nSPS) is 11.5. The smallest absolute Gasteiger partial charge is 0.160 e. The van der Waals surface area contributed by atoms with Crippen LogP contribution in [0.4, 0.5) is 0 Å². The number of benzene rings is 5. The largest absolute Gasteiger partial charge is 0.254 e. The fourth-order valence-electron chi connectivity index (χ4n) is 5.46. The Morgan fingerprint density at radius 1 is 0.425 bits per heavy atom. The van der Waals surface area contributed by atoms with Crippen LogP contribution in [-0.2, 0) is 0 Å². The molecule has 8 aromatic rings. The lowest BCUT2D eigenvalue weighted by Crippen LogP contribution is -1.96. The Kier molecular flexibility index (Phi) is 5.10. The second kappa shape index (κ2) is 9.07. The third kappa shape index (κ3) is 3.77. The average molecular weight is 511 g/mol. The minimum atomic E-state index is 0.691. The van der Waals surface area contributed by atoms with E-state index in [1.54, 1.807) is 0 Å². The van der Waals surface area contributed by atoms with Gasteiger partial charge in [-0.1, -0.05) is 97.1 Å². The summed E-state index contributed by atoms with van der Waals surface area (Å²) in [7, 11) is 0. The first-order valence-corrected chi connectivity index (χ1v) is 13.3. The number of hydrogen-bond donors (Lipinski definition) is 0. The van der Waals surface area contributed by atoms with Gasteiger partial charge in [0.15, 0.2) is 5.82 Å². The van der Waals surface area contributed by atoms with Gasteiger partial charge in [-0.05, 0) is 41.1 Å². The van der Waals surface area contributed by atoms with Crippen LogP contribution in [0.2, 0.25) is 0 Å². The highest BCUT2D eigenvalue weighted by Crippen LogP contribution is 2.33. The summed E-state index contributed by atoms with van der Waals surface area (Å²) < 4.78 is 0. The van der Waals surface area contributed by atoms with Crippen molar-refractivity contribution in [3.63, 3.8) is 0 Å². The van der Waals surface area contributed by atoms with Gasteiger partial charge in [-0.25, -0.2) is 15.0 Å². The van der Waals surface area contributed by atoms with Crippen molar-refractivity contribution in [1.82, 2.24) is 19.9 Å². The minimum absolute atomic E-state index is 0.691. The molecule has 3 aromatic heterocycles. The van der Waals surface area contributed by atoms with Crippen LogP contribution in [0.1, 0.15) is 0 Å². The van der Waals surface area contributed by atoms with Crippen molar-refractivity contribution in [3.05, 3.63) is 134 Å². The van der Waals surface area contributed by atoms with E-state index in [2.05, 4.69) is 108 Å². The predicted molar refractivity (Wildman–Crippen MR) is 164 cm³/mol. The van der Waals surface area contributed by atoms with Crippen LogP contribution >= 0.6 is 0 Å². The van der Waals surface area contributed by atoms with Crippen LogP contribution in [0, 0.1) is 0 Å². The van der Waals surface area contributed by atoms with Crippen molar-refractivity contribution in [1.29, 1.82) is 0 Å². The molecule has 0 aliphatic rings. The van der Waals surface area contributed by atoms with Gasteiger partial charge in [0.2, 0.25) is 0 Å². The van der Waals surface area contributed by atoms with E-state index in [0.29, 0.717) is 5.82 Å². The Morgan fingerprint density at radius 3 is 2.12 bits per heavy atom. The van der Waals surface area contributed by atoms with Gasteiger partial charge in [-0.15, -0.1) is 0 Å². The van der Waals surface area contributed by atoms with Gasteiger partial charge in [0.25, 0.3) is 0 Å². The number of aromatic nitrogens is 4. The van der Waals surface area contributed by atoms with E-state index < -0.39 is 0 Å². The zero-order chi connectivity index (χ0) is 26.5. The molecule has 0 fully saturated rings. The molecule has 3 heterocycles. The summed E-state index contributed by atoms with van der Waals surface area (Å²) in [5, 5.41) is 5.59. The van der Waals surface area contributed by atoms with E-state index >= 15 is 0 Å². The topological polar surface area (TPSA) is 51.6 Å². The van der Waals surface area contributed by atoms with Crippen molar-refractivity contribution >= 4 is 43.5 Å². The molecular weight excluding hydrogens is 488 g/mol. The molecule has 0 aliphatic carbocycles. The molecule has 4 nitrogen and oxygen atoms in total. The first kappa shape index (κ1) is 22.5. The standard InChI is InChI=1S/C36H22N4/c1-2-8-26-21-28(17-14-23(26)7-1)33-30-12-3-4-13-32(30)39-36(40-33)29-10-5-9-27(22-29)31-19-18-25-16-15-24-11-6-20-37-34(24)35(25)38-31/h1-22H. The molecule has 186 valence electrons. The molecular formula is C36H22N4.